The lowest BCUT2D eigenvalue weighted by molar-refractivity contribution is 0.445. The number of hydrogen-bond donors (Lipinski definition) is 1. The highest BCUT2D eigenvalue weighted by molar-refractivity contribution is 7.89. The van der Waals surface area contributed by atoms with Gasteiger partial charge in [0.2, 0.25) is 27.5 Å². The van der Waals surface area contributed by atoms with Crippen molar-refractivity contribution in [1.82, 2.24) is 9.29 Å². The molecule has 0 radical (unpaired) electrons. The Balaban J connectivity index is 1.88. The van der Waals surface area contributed by atoms with Crippen molar-refractivity contribution in [2.24, 2.45) is 0 Å². The Morgan fingerprint density at radius 1 is 1.28 bits per heavy atom. The van der Waals surface area contributed by atoms with Crippen LogP contribution in [0.25, 0.3) is 11.5 Å². The molecule has 1 aliphatic carbocycles. The van der Waals surface area contributed by atoms with E-state index in [0.717, 1.165) is 12.8 Å². The average Bonchev–Trinajstić information content (AvgIpc) is 3.33. The molecule has 132 valence electrons. The molecule has 1 heterocycles. The first-order valence-corrected chi connectivity index (χ1v) is 9.71. The maximum atomic E-state index is 12.5. The molecule has 0 unspecified atom stereocenters. The Kier molecular flexibility index (Phi) is 4.79. The van der Waals surface area contributed by atoms with Crippen molar-refractivity contribution in [2.75, 3.05) is 18.4 Å². The van der Waals surface area contributed by atoms with Crippen molar-refractivity contribution in [2.45, 2.75) is 37.6 Å². The van der Waals surface area contributed by atoms with Crippen LogP contribution in [0, 0.1) is 11.3 Å². The lowest BCUT2D eigenvalue weighted by Crippen LogP contribution is -2.30. The van der Waals surface area contributed by atoms with Gasteiger partial charge in [-0.3, -0.25) is 0 Å². The van der Waals surface area contributed by atoms with Crippen molar-refractivity contribution in [3.8, 4) is 17.5 Å². The van der Waals surface area contributed by atoms with E-state index in [0.29, 0.717) is 36.5 Å². The average molecular weight is 360 g/mol. The molecular weight excluding hydrogens is 340 g/mol. The smallest absolute Gasteiger partial charge is 0.243 e. The minimum absolute atomic E-state index is 0.210. The Bertz CT molecular complexity index is 889. The third-order valence-electron chi connectivity index (χ3n) is 4.09. The number of anilines is 1. The molecule has 1 aliphatic rings. The maximum Gasteiger partial charge on any atom is 0.243 e. The summed E-state index contributed by atoms with van der Waals surface area (Å²) in [7, 11) is -3.50. The largest absolute Gasteiger partial charge is 0.419 e. The molecule has 1 aromatic heterocycles. The van der Waals surface area contributed by atoms with E-state index < -0.39 is 10.0 Å². The summed E-state index contributed by atoms with van der Waals surface area (Å²) >= 11 is 0. The summed E-state index contributed by atoms with van der Waals surface area (Å²) in [4.78, 5) is 4.41. The monoisotopic (exact) mass is 360 g/mol. The Morgan fingerprint density at radius 2 is 1.92 bits per heavy atom. The number of rotatable bonds is 7. The normalized spacial score (nSPS) is 14.5. The second-order valence-corrected chi connectivity index (χ2v) is 7.78. The fourth-order valence-electron chi connectivity index (χ4n) is 2.51. The molecule has 0 spiro atoms. The zero-order chi connectivity index (χ0) is 18.0. The van der Waals surface area contributed by atoms with Crippen molar-refractivity contribution >= 4 is 15.9 Å². The molecule has 3 rings (SSSR count). The van der Waals surface area contributed by atoms with E-state index in [4.69, 9.17) is 4.42 Å². The van der Waals surface area contributed by atoms with Gasteiger partial charge >= 0.3 is 0 Å². The second kappa shape index (κ2) is 6.86. The van der Waals surface area contributed by atoms with Gasteiger partial charge in [0.25, 0.3) is 0 Å². The van der Waals surface area contributed by atoms with Crippen LogP contribution in [0.1, 0.15) is 32.4 Å². The van der Waals surface area contributed by atoms with Crippen LogP contribution in [0.5, 0.6) is 0 Å². The van der Waals surface area contributed by atoms with Gasteiger partial charge in [-0.05, 0) is 37.1 Å². The van der Waals surface area contributed by atoms with Crippen LogP contribution in [0.3, 0.4) is 0 Å². The molecule has 0 amide bonds. The first-order chi connectivity index (χ1) is 12.0. The topological polar surface area (TPSA) is 99.2 Å². The lowest BCUT2D eigenvalue weighted by Gasteiger charge is -2.18. The summed E-state index contributed by atoms with van der Waals surface area (Å²) in [5.41, 5.74) is 0.834. The fourth-order valence-corrected chi connectivity index (χ4v) is 3.97. The van der Waals surface area contributed by atoms with Crippen LogP contribution in [0.2, 0.25) is 0 Å². The zero-order valence-electron chi connectivity index (χ0n) is 14.2. The molecule has 0 aliphatic heterocycles. The Labute approximate surface area is 147 Å². The van der Waals surface area contributed by atoms with Crippen molar-refractivity contribution in [3.05, 3.63) is 30.0 Å². The number of hydrogen-bond acceptors (Lipinski definition) is 6. The molecule has 2 aromatic rings. The van der Waals surface area contributed by atoms with Crippen LogP contribution >= 0.6 is 0 Å². The van der Waals surface area contributed by atoms with E-state index in [-0.39, 0.29) is 10.6 Å². The zero-order valence-corrected chi connectivity index (χ0v) is 15.0. The molecule has 1 aromatic carbocycles. The van der Waals surface area contributed by atoms with Gasteiger partial charge in [0, 0.05) is 24.7 Å². The lowest BCUT2D eigenvalue weighted by atomic mass is 10.2. The summed E-state index contributed by atoms with van der Waals surface area (Å²) in [5.74, 6) is 0.673. The summed E-state index contributed by atoms with van der Waals surface area (Å²) < 4.78 is 32.1. The van der Waals surface area contributed by atoms with Gasteiger partial charge in [-0.2, -0.15) is 14.6 Å². The molecule has 7 nitrogen and oxygen atoms in total. The van der Waals surface area contributed by atoms with Gasteiger partial charge in [-0.1, -0.05) is 13.8 Å². The summed E-state index contributed by atoms with van der Waals surface area (Å²) in [6, 6.07) is 8.71. The summed E-state index contributed by atoms with van der Waals surface area (Å²) in [6.07, 6.45) is 2.11. The molecule has 1 N–H and O–H groups in total. The van der Waals surface area contributed by atoms with Crippen LogP contribution in [-0.4, -0.2) is 36.8 Å². The molecule has 0 bridgehead atoms. The molecule has 25 heavy (non-hydrogen) atoms. The SMILES string of the molecule is CCN(CC)S(=O)(=O)c1ccc(-c2nc(C#N)c(NC3CC3)o2)cc1. The van der Waals surface area contributed by atoms with Crippen LogP contribution in [0.4, 0.5) is 5.88 Å². The number of sulfonamides is 1. The third kappa shape index (κ3) is 3.52. The van der Waals surface area contributed by atoms with E-state index >= 15 is 0 Å². The molecule has 0 atom stereocenters. The number of nitrogens with one attached hydrogen (secondary N) is 1. The van der Waals surface area contributed by atoms with E-state index in [1.807, 2.05) is 6.07 Å². The third-order valence-corrected chi connectivity index (χ3v) is 6.15. The maximum absolute atomic E-state index is 12.5. The van der Waals surface area contributed by atoms with E-state index in [1.54, 1.807) is 26.0 Å². The predicted molar refractivity (Wildman–Crippen MR) is 93.4 cm³/mol. The second-order valence-electron chi connectivity index (χ2n) is 5.84. The van der Waals surface area contributed by atoms with E-state index in [9.17, 15) is 13.7 Å². The first-order valence-electron chi connectivity index (χ1n) is 8.27. The highest BCUT2D eigenvalue weighted by Gasteiger charge is 2.26. The highest BCUT2D eigenvalue weighted by atomic mass is 32.2. The number of nitrogens with zero attached hydrogens (tertiary/aromatic N) is 3. The van der Waals surface area contributed by atoms with Crippen molar-refractivity contribution in [1.29, 1.82) is 5.26 Å². The van der Waals surface area contributed by atoms with Gasteiger partial charge in [-0.15, -0.1) is 0 Å². The molecule has 1 fully saturated rings. The molecule has 8 heteroatoms. The summed E-state index contributed by atoms with van der Waals surface area (Å²) in [6.45, 7) is 4.45. The Hall–Kier alpha value is -2.37. The number of nitriles is 1. The van der Waals surface area contributed by atoms with Gasteiger partial charge in [0.1, 0.15) is 6.07 Å². The first kappa shape index (κ1) is 17.5. The van der Waals surface area contributed by atoms with Crippen molar-refractivity contribution < 1.29 is 12.8 Å². The van der Waals surface area contributed by atoms with Crippen LogP contribution in [-0.2, 0) is 10.0 Å². The molecule has 0 saturated heterocycles. The minimum Gasteiger partial charge on any atom is -0.419 e. The van der Waals surface area contributed by atoms with Crippen molar-refractivity contribution in [3.63, 3.8) is 0 Å². The highest BCUT2D eigenvalue weighted by Crippen LogP contribution is 2.31. The van der Waals surface area contributed by atoms with Crippen LogP contribution < -0.4 is 5.32 Å². The summed E-state index contributed by atoms with van der Waals surface area (Å²) in [5, 5.41) is 12.3. The fraction of sp³-hybridized carbons (Fsp3) is 0.412. The number of oxazole rings is 1. The number of aromatic nitrogens is 1. The quantitative estimate of drug-likeness (QED) is 0.815. The number of benzene rings is 1. The van der Waals surface area contributed by atoms with Gasteiger partial charge in [0.05, 0.1) is 4.90 Å². The predicted octanol–water partition coefficient (Wildman–Crippen LogP) is 2.82. The molecule has 1 saturated carbocycles. The van der Waals surface area contributed by atoms with Gasteiger partial charge < -0.3 is 9.73 Å². The Morgan fingerprint density at radius 3 is 2.44 bits per heavy atom. The standard InChI is InChI=1S/C17H20N4O3S/c1-3-21(4-2)25(22,23)14-9-5-12(6-10-14)16-20-15(11-18)17(24-16)19-13-7-8-13/h5-6,9-10,13,19H,3-4,7-8H2,1-2H3. The van der Waals surface area contributed by atoms with Crippen LogP contribution in [0.15, 0.2) is 33.6 Å². The van der Waals surface area contributed by atoms with Gasteiger partial charge in [-0.25, -0.2) is 8.42 Å². The minimum atomic E-state index is -3.50. The van der Waals surface area contributed by atoms with Gasteiger partial charge in [0.15, 0.2) is 0 Å². The van der Waals surface area contributed by atoms with E-state index in [2.05, 4.69) is 10.3 Å². The molecular formula is C17H20N4O3S. The van der Waals surface area contributed by atoms with E-state index in [1.165, 1.54) is 16.4 Å².